The smallest absolute Gasteiger partial charge is 0.321 e. The Labute approximate surface area is 163 Å². The summed E-state index contributed by atoms with van der Waals surface area (Å²) >= 11 is 0. The number of hydrogen-bond donors (Lipinski definition) is 2. The normalized spacial score (nSPS) is 11.2. The van der Waals surface area contributed by atoms with Crippen molar-refractivity contribution in [3.8, 4) is 0 Å². The molecule has 0 saturated heterocycles. The van der Waals surface area contributed by atoms with Crippen LogP contribution < -0.4 is 10.6 Å². The molecule has 3 aromatic rings. The molecule has 0 unspecified atom stereocenters. The predicted octanol–water partition coefficient (Wildman–Crippen LogP) is 3.65. The average molecular weight is 403 g/mol. The van der Waals surface area contributed by atoms with Crippen LogP contribution in [-0.4, -0.2) is 26.6 Å². The number of aryl methyl sites for hydroxylation is 2. The fourth-order valence-electron chi connectivity index (χ4n) is 2.59. The molecule has 1 aromatic carbocycles. The van der Waals surface area contributed by atoms with Crippen molar-refractivity contribution in [1.82, 2.24) is 14.8 Å². The second-order valence-corrected chi connectivity index (χ2v) is 6.22. The molecule has 0 aliphatic carbocycles. The van der Waals surface area contributed by atoms with Crippen LogP contribution in [0.1, 0.15) is 32.1 Å². The van der Waals surface area contributed by atoms with Gasteiger partial charge in [-0.15, -0.1) is 0 Å². The van der Waals surface area contributed by atoms with Crippen LogP contribution in [0.15, 0.2) is 48.8 Å². The maximum absolute atomic E-state index is 12.8. The third-order valence-electron chi connectivity index (χ3n) is 4.06. The summed E-state index contributed by atoms with van der Waals surface area (Å²) in [5.41, 5.74) is 0.286. The zero-order valence-corrected chi connectivity index (χ0v) is 15.4. The average Bonchev–Trinajstić information content (AvgIpc) is 3.06. The lowest BCUT2D eigenvalue weighted by Crippen LogP contribution is -2.17. The number of alkyl halides is 3. The van der Waals surface area contributed by atoms with Gasteiger partial charge in [0.15, 0.2) is 5.69 Å². The first-order valence-electron chi connectivity index (χ1n) is 8.40. The summed E-state index contributed by atoms with van der Waals surface area (Å²) in [5, 5.41) is 8.49. The van der Waals surface area contributed by atoms with Crippen LogP contribution in [-0.2, 0) is 13.2 Å². The van der Waals surface area contributed by atoms with Crippen LogP contribution >= 0.6 is 0 Å². The van der Waals surface area contributed by atoms with Crippen molar-refractivity contribution in [2.24, 2.45) is 7.05 Å². The number of rotatable bonds is 4. The fourth-order valence-corrected chi connectivity index (χ4v) is 2.59. The topological polar surface area (TPSA) is 88.9 Å². The number of halogens is 3. The largest absolute Gasteiger partial charge is 0.435 e. The first-order valence-corrected chi connectivity index (χ1v) is 8.40. The fraction of sp³-hybridized carbons (Fsp3) is 0.158. The molecule has 2 N–H and O–H groups in total. The van der Waals surface area contributed by atoms with Gasteiger partial charge in [0.05, 0.1) is 11.9 Å². The number of amides is 2. The molecule has 10 heteroatoms. The van der Waals surface area contributed by atoms with Gasteiger partial charge in [-0.3, -0.25) is 19.3 Å². The van der Waals surface area contributed by atoms with E-state index in [1.165, 1.54) is 19.3 Å². The molecule has 0 atom stereocenters. The zero-order chi connectivity index (χ0) is 21.2. The molecule has 2 amide bonds. The molecule has 0 aliphatic heterocycles. The van der Waals surface area contributed by atoms with E-state index in [0.29, 0.717) is 22.9 Å². The van der Waals surface area contributed by atoms with E-state index in [0.717, 1.165) is 4.68 Å². The summed E-state index contributed by atoms with van der Waals surface area (Å²) in [4.78, 5) is 28.8. The van der Waals surface area contributed by atoms with Gasteiger partial charge in [-0.25, -0.2) is 0 Å². The molecular formula is C19H16F3N5O2. The first-order chi connectivity index (χ1) is 13.6. The van der Waals surface area contributed by atoms with E-state index in [1.807, 2.05) is 0 Å². The Balaban J connectivity index is 1.80. The minimum atomic E-state index is -4.66. The highest BCUT2D eigenvalue weighted by Crippen LogP contribution is 2.28. The molecule has 2 aromatic heterocycles. The van der Waals surface area contributed by atoms with E-state index < -0.39 is 23.7 Å². The Morgan fingerprint density at radius 2 is 1.76 bits per heavy atom. The molecule has 0 fully saturated rings. The number of aromatic nitrogens is 3. The van der Waals surface area contributed by atoms with Crippen molar-refractivity contribution < 1.29 is 22.8 Å². The summed E-state index contributed by atoms with van der Waals surface area (Å²) in [7, 11) is 1.24. The van der Waals surface area contributed by atoms with Gasteiger partial charge in [-0.1, -0.05) is 6.07 Å². The molecule has 0 aliphatic rings. The Bertz CT molecular complexity index is 1060. The Kier molecular flexibility index (Phi) is 5.35. The Hall–Kier alpha value is -3.69. The van der Waals surface area contributed by atoms with Crippen molar-refractivity contribution in [3.63, 3.8) is 0 Å². The lowest BCUT2D eigenvalue weighted by Gasteiger charge is -2.11. The van der Waals surface area contributed by atoms with Gasteiger partial charge in [0.25, 0.3) is 11.8 Å². The van der Waals surface area contributed by atoms with Crippen molar-refractivity contribution in [3.05, 3.63) is 71.3 Å². The number of hydrogen-bond acceptors (Lipinski definition) is 4. The van der Waals surface area contributed by atoms with Gasteiger partial charge in [0.1, 0.15) is 5.69 Å². The highest BCUT2D eigenvalue weighted by molar-refractivity contribution is 6.07. The SMILES string of the molecule is Cc1ccc(NC(=O)c2cc(C(F)(F)F)nn2C)cc1C(=O)Nc1cccnc1. The zero-order valence-electron chi connectivity index (χ0n) is 15.4. The molecule has 7 nitrogen and oxygen atoms in total. The minimum absolute atomic E-state index is 0.256. The third kappa shape index (κ3) is 4.60. The summed E-state index contributed by atoms with van der Waals surface area (Å²) in [6.45, 7) is 1.72. The summed E-state index contributed by atoms with van der Waals surface area (Å²) in [5.74, 6) is -1.19. The Morgan fingerprint density at radius 3 is 2.38 bits per heavy atom. The number of pyridine rings is 1. The molecule has 0 spiro atoms. The molecule has 150 valence electrons. The number of benzene rings is 1. The molecular weight excluding hydrogens is 387 g/mol. The lowest BCUT2D eigenvalue weighted by atomic mass is 10.1. The van der Waals surface area contributed by atoms with Gasteiger partial charge < -0.3 is 10.6 Å². The van der Waals surface area contributed by atoms with Gasteiger partial charge in [-0.05, 0) is 36.8 Å². The summed E-state index contributed by atoms with van der Waals surface area (Å²) in [6, 6.07) is 8.63. The van der Waals surface area contributed by atoms with Crippen molar-refractivity contribution >= 4 is 23.2 Å². The number of carbonyl (C=O) groups is 2. The van der Waals surface area contributed by atoms with Crippen LogP contribution in [0.3, 0.4) is 0 Å². The minimum Gasteiger partial charge on any atom is -0.321 e. The molecule has 3 rings (SSSR count). The van der Waals surface area contributed by atoms with E-state index in [4.69, 9.17) is 0 Å². The van der Waals surface area contributed by atoms with Gasteiger partial charge in [0.2, 0.25) is 0 Å². The molecule has 2 heterocycles. The summed E-state index contributed by atoms with van der Waals surface area (Å²) < 4.78 is 39.2. The monoisotopic (exact) mass is 403 g/mol. The van der Waals surface area contributed by atoms with Gasteiger partial charge in [-0.2, -0.15) is 18.3 Å². The highest BCUT2D eigenvalue weighted by atomic mass is 19.4. The first kappa shape index (κ1) is 20.1. The molecule has 0 radical (unpaired) electrons. The van der Waals surface area contributed by atoms with E-state index in [9.17, 15) is 22.8 Å². The second-order valence-electron chi connectivity index (χ2n) is 6.22. The van der Waals surface area contributed by atoms with Crippen LogP contribution in [0.5, 0.6) is 0 Å². The quantitative estimate of drug-likeness (QED) is 0.696. The maximum atomic E-state index is 12.8. The van der Waals surface area contributed by atoms with Gasteiger partial charge >= 0.3 is 6.18 Å². The van der Waals surface area contributed by atoms with Crippen LogP contribution in [0.25, 0.3) is 0 Å². The van der Waals surface area contributed by atoms with Gasteiger partial charge in [0, 0.05) is 30.6 Å². The van der Waals surface area contributed by atoms with Crippen molar-refractivity contribution in [2.75, 3.05) is 10.6 Å². The number of nitrogens with one attached hydrogen (secondary N) is 2. The number of carbonyl (C=O) groups excluding carboxylic acids is 2. The maximum Gasteiger partial charge on any atom is 0.435 e. The molecule has 0 bridgehead atoms. The predicted molar refractivity (Wildman–Crippen MR) is 99.5 cm³/mol. The van der Waals surface area contributed by atoms with E-state index in [2.05, 4.69) is 20.7 Å². The second kappa shape index (κ2) is 7.74. The van der Waals surface area contributed by atoms with E-state index >= 15 is 0 Å². The van der Waals surface area contributed by atoms with Crippen molar-refractivity contribution in [1.29, 1.82) is 0 Å². The van der Waals surface area contributed by atoms with Crippen LogP contribution in [0.2, 0.25) is 0 Å². The van der Waals surface area contributed by atoms with E-state index in [-0.39, 0.29) is 11.4 Å². The highest BCUT2D eigenvalue weighted by Gasteiger charge is 2.35. The van der Waals surface area contributed by atoms with Crippen molar-refractivity contribution in [2.45, 2.75) is 13.1 Å². The molecule has 29 heavy (non-hydrogen) atoms. The third-order valence-corrected chi connectivity index (χ3v) is 4.06. The van der Waals surface area contributed by atoms with E-state index in [1.54, 1.807) is 37.4 Å². The number of nitrogens with zero attached hydrogens (tertiary/aromatic N) is 3. The lowest BCUT2D eigenvalue weighted by molar-refractivity contribution is -0.141. The molecule has 0 saturated carbocycles. The van der Waals surface area contributed by atoms with Crippen LogP contribution in [0, 0.1) is 6.92 Å². The Morgan fingerprint density at radius 1 is 1.03 bits per heavy atom. The van der Waals surface area contributed by atoms with Crippen LogP contribution in [0.4, 0.5) is 24.5 Å². The summed E-state index contributed by atoms with van der Waals surface area (Å²) in [6.07, 6.45) is -1.60. The standard InChI is InChI=1S/C19H16F3N5O2/c1-11-5-6-12(8-14(11)17(28)25-13-4-3-7-23-10-13)24-18(29)15-9-16(19(20,21)22)26-27(15)2/h3-10H,1-2H3,(H,24,29)(H,25,28). The number of anilines is 2.